The van der Waals surface area contributed by atoms with E-state index in [1.165, 1.54) is 6.07 Å². The summed E-state index contributed by atoms with van der Waals surface area (Å²) in [5.74, 6) is 0.517. The number of aromatic amines is 1. The van der Waals surface area contributed by atoms with Crippen LogP contribution >= 0.6 is 0 Å². The summed E-state index contributed by atoms with van der Waals surface area (Å²) >= 11 is 0. The summed E-state index contributed by atoms with van der Waals surface area (Å²) in [6.45, 7) is 3.86. The van der Waals surface area contributed by atoms with Crippen molar-refractivity contribution >= 4 is 5.91 Å². The van der Waals surface area contributed by atoms with Crippen LogP contribution < -0.4 is 0 Å². The average Bonchev–Trinajstić information content (AvgIpc) is 3.14. The summed E-state index contributed by atoms with van der Waals surface area (Å²) in [4.78, 5) is 23.5. The molecule has 5 nitrogen and oxygen atoms in total. The normalized spacial score (nSPS) is 15.9. The molecule has 1 fully saturated rings. The predicted octanol–water partition coefficient (Wildman–Crippen LogP) is 2.50. The lowest BCUT2D eigenvalue weighted by atomic mass is 9.96. The van der Waals surface area contributed by atoms with Gasteiger partial charge in [0.1, 0.15) is 5.82 Å². The van der Waals surface area contributed by atoms with Crippen LogP contribution in [0.2, 0.25) is 0 Å². The molecule has 0 spiro atoms. The van der Waals surface area contributed by atoms with E-state index in [0.29, 0.717) is 12.3 Å². The zero-order chi connectivity index (χ0) is 18.4. The van der Waals surface area contributed by atoms with Gasteiger partial charge in [-0.15, -0.1) is 0 Å². The first kappa shape index (κ1) is 18.6. The molecule has 2 aromatic rings. The standard InChI is InChI=1S/C20H27FN4O/c1-24(20(26)12-19-13-22-15-23-19)14-17-6-9-25(10-7-17)8-5-16-3-2-4-18(21)11-16/h2-4,11,13,15,17H,5-10,12,14H2,1H3,(H,22,23). The molecule has 1 amide bonds. The van der Waals surface area contributed by atoms with Crippen molar-refractivity contribution in [1.82, 2.24) is 19.8 Å². The second-order valence-corrected chi connectivity index (χ2v) is 7.19. The highest BCUT2D eigenvalue weighted by molar-refractivity contribution is 5.77. The highest BCUT2D eigenvalue weighted by Crippen LogP contribution is 2.19. The van der Waals surface area contributed by atoms with E-state index < -0.39 is 0 Å². The molecule has 0 atom stereocenters. The van der Waals surface area contributed by atoms with Crippen LogP contribution in [0.15, 0.2) is 36.8 Å². The van der Waals surface area contributed by atoms with Crippen molar-refractivity contribution in [2.45, 2.75) is 25.7 Å². The molecule has 26 heavy (non-hydrogen) atoms. The number of likely N-dealkylation sites (tertiary alicyclic amines) is 1. The van der Waals surface area contributed by atoms with Crippen LogP contribution in [-0.4, -0.2) is 58.9 Å². The van der Waals surface area contributed by atoms with Gasteiger partial charge in [0.05, 0.1) is 12.7 Å². The summed E-state index contributed by atoms with van der Waals surface area (Å²) in [5, 5.41) is 0. The van der Waals surface area contributed by atoms with Crippen LogP contribution in [0.3, 0.4) is 0 Å². The first-order chi connectivity index (χ1) is 12.6. The molecule has 3 rings (SSSR count). The zero-order valence-corrected chi connectivity index (χ0v) is 15.3. The van der Waals surface area contributed by atoms with Crippen molar-refractivity contribution in [3.05, 3.63) is 53.9 Å². The number of nitrogens with zero attached hydrogens (tertiary/aromatic N) is 3. The van der Waals surface area contributed by atoms with Crippen molar-refractivity contribution in [1.29, 1.82) is 0 Å². The molecule has 0 radical (unpaired) electrons. The van der Waals surface area contributed by atoms with Gasteiger partial charge in [0.2, 0.25) is 5.91 Å². The Bertz CT molecular complexity index is 696. The highest BCUT2D eigenvalue weighted by Gasteiger charge is 2.22. The molecular weight excluding hydrogens is 331 g/mol. The molecule has 0 saturated carbocycles. The fourth-order valence-corrected chi connectivity index (χ4v) is 3.54. The summed E-state index contributed by atoms with van der Waals surface area (Å²) in [6, 6.07) is 6.86. The van der Waals surface area contributed by atoms with E-state index >= 15 is 0 Å². The number of amides is 1. The first-order valence-electron chi connectivity index (χ1n) is 9.28. The van der Waals surface area contributed by atoms with Crippen LogP contribution in [0.1, 0.15) is 24.1 Å². The topological polar surface area (TPSA) is 52.2 Å². The fraction of sp³-hybridized carbons (Fsp3) is 0.500. The maximum atomic E-state index is 13.2. The van der Waals surface area contributed by atoms with Crippen LogP contribution in [0.4, 0.5) is 4.39 Å². The summed E-state index contributed by atoms with van der Waals surface area (Å²) < 4.78 is 13.2. The van der Waals surface area contributed by atoms with E-state index in [4.69, 9.17) is 0 Å². The number of hydrogen-bond donors (Lipinski definition) is 1. The Labute approximate surface area is 154 Å². The molecule has 1 N–H and O–H groups in total. The molecule has 1 saturated heterocycles. The van der Waals surface area contributed by atoms with Crippen LogP contribution in [0.5, 0.6) is 0 Å². The first-order valence-corrected chi connectivity index (χ1v) is 9.28. The summed E-state index contributed by atoms with van der Waals surface area (Å²) in [7, 11) is 1.88. The van der Waals surface area contributed by atoms with Crippen molar-refractivity contribution in [2.24, 2.45) is 5.92 Å². The van der Waals surface area contributed by atoms with Crippen LogP contribution in [0, 0.1) is 11.7 Å². The third-order valence-corrected chi connectivity index (χ3v) is 5.17. The predicted molar refractivity (Wildman–Crippen MR) is 99.2 cm³/mol. The molecule has 1 aliphatic heterocycles. The Balaban J connectivity index is 1.37. The Kier molecular flexibility index (Phi) is 6.39. The quantitative estimate of drug-likeness (QED) is 0.827. The van der Waals surface area contributed by atoms with Crippen LogP contribution in [-0.2, 0) is 17.6 Å². The SMILES string of the molecule is CN(CC1CCN(CCc2cccc(F)c2)CC1)C(=O)Cc1cnc[nH]1. The fourth-order valence-electron chi connectivity index (χ4n) is 3.54. The van der Waals surface area contributed by atoms with Gasteiger partial charge in [-0.1, -0.05) is 12.1 Å². The van der Waals surface area contributed by atoms with E-state index in [-0.39, 0.29) is 11.7 Å². The van der Waals surface area contributed by atoms with Gasteiger partial charge in [-0.05, 0) is 56.0 Å². The molecule has 0 aliphatic carbocycles. The van der Waals surface area contributed by atoms with Crippen LogP contribution in [0.25, 0.3) is 0 Å². The molecule has 0 bridgehead atoms. The number of hydrogen-bond acceptors (Lipinski definition) is 3. The van der Waals surface area contributed by atoms with E-state index in [1.807, 2.05) is 18.0 Å². The molecule has 1 aromatic heterocycles. The van der Waals surface area contributed by atoms with E-state index in [2.05, 4.69) is 14.9 Å². The number of carbonyl (C=O) groups excluding carboxylic acids is 1. The molecule has 1 aromatic carbocycles. The minimum Gasteiger partial charge on any atom is -0.348 e. The number of piperidine rings is 1. The van der Waals surface area contributed by atoms with Gasteiger partial charge >= 0.3 is 0 Å². The van der Waals surface area contributed by atoms with Gasteiger partial charge in [-0.25, -0.2) is 9.37 Å². The summed E-state index contributed by atoms with van der Waals surface area (Å²) in [6.07, 6.45) is 6.76. The molecule has 6 heteroatoms. The maximum Gasteiger partial charge on any atom is 0.228 e. The number of halogens is 1. The Morgan fingerprint density at radius 2 is 2.19 bits per heavy atom. The third kappa shape index (κ3) is 5.39. The number of benzene rings is 1. The maximum absolute atomic E-state index is 13.2. The van der Waals surface area contributed by atoms with Gasteiger partial charge in [-0.3, -0.25) is 4.79 Å². The number of rotatable bonds is 7. The minimum atomic E-state index is -0.163. The molecule has 0 unspecified atom stereocenters. The lowest BCUT2D eigenvalue weighted by molar-refractivity contribution is -0.130. The molecular formula is C20H27FN4O. The van der Waals surface area contributed by atoms with Gasteiger partial charge in [-0.2, -0.15) is 0 Å². The largest absolute Gasteiger partial charge is 0.348 e. The van der Waals surface area contributed by atoms with Gasteiger partial charge in [0.15, 0.2) is 0 Å². The van der Waals surface area contributed by atoms with Crippen molar-refractivity contribution in [3.63, 3.8) is 0 Å². The number of nitrogens with one attached hydrogen (secondary N) is 1. The van der Waals surface area contributed by atoms with E-state index in [0.717, 1.165) is 56.7 Å². The number of likely N-dealkylation sites (N-methyl/N-ethyl adjacent to an activating group) is 1. The lowest BCUT2D eigenvalue weighted by Gasteiger charge is -2.34. The lowest BCUT2D eigenvalue weighted by Crippen LogP contribution is -2.40. The zero-order valence-electron chi connectivity index (χ0n) is 15.3. The third-order valence-electron chi connectivity index (χ3n) is 5.17. The Hall–Kier alpha value is -2.21. The number of H-pyrrole nitrogens is 1. The molecule has 2 heterocycles. The number of carbonyl (C=O) groups is 1. The molecule has 1 aliphatic rings. The second kappa shape index (κ2) is 8.94. The number of imidazole rings is 1. The van der Waals surface area contributed by atoms with Gasteiger partial charge in [0.25, 0.3) is 0 Å². The Morgan fingerprint density at radius 3 is 2.88 bits per heavy atom. The van der Waals surface area contributed by atoms with Crippen molar-refractivity contribution in [3.8, 4) is 0 Å². The van der Waals surface area contributed by atoms with Gasteiger partial charge < -0.3 is 14.8 Å². The summed E-state index contributed by atoms with van der Waals surface area (Å²) in [5.41, 5.74) is 1.91. The second-order valence-electron chi connectivity index (χ2n) is 7.19. The van der Waals surface area contributed by atoms with Gasteiger partial charge in [0, 0.05) is 32.0 Å². The number of aromatic nitrogens is 2. The minimum absolute atomic E-state index is 0.128. The van der Waals surface area contributed by atoms with Crippen molar-refractivity contribution in [2.75, 3.05) is 33.2 Å². The smallest absolute Gasteiger partial charge is 0.228 e. The average molecular weight is 358 g/mol. The molecule has 140 valence electrons. The van der Waals surface area contributed by atoms with E-state index in [9.17, 15) is 9.18 Å². The monoisotopic (exact) mass is 358 g/mol. The van der Waals surface area contributed by atoms with Crippen molar-refractivity contribution < 1.29 is 9.18 Å². The highest BCUT2D eigenvalue weighted by atomic mass is 19.1. The Morgan fingerprint density at radius 1 is 1.38 bits per heavy atom. The van der Waals surface area contributed by atoms with E-state index in [1.54, 1.807) is 24.7 Å².